The van der Waals surface area contributed by atoms with E-state index in [2.05, 4.69) is 57.3 Å². The molecule has 0 aromatic carbocycles. The zero-order valence-corrected chi connectivity index (χ0v) is 13.1. The van der Waals surface area contributed by atoms with E-state index >= 15 is 0 Å². The Labute approximate surface area is 112 Å². The van der Waals surface area contributed by atoms with Gasteiger partial charge in [0, 0.05) is 11.3 Å². The summed E-state index contributed by atoms with van der Waals surface area (Å²) in [6.07, 6.45) is 2.13. The van der Waals surface area contributed by atoms with E-state index < -0.39 is 0 Å². The van der Waals surface area contributed by atoms with Crippen LogP contribution >= 0.6 is 43.6 Å². The first-order chi connectivity index (χ1) is 6.94. The van der Waals surface area contributed by atoms with Gasteiger partial charge in [-0.15, -0.1) is 0 Å². The summed E-state index contributed by atoms with van der Waals surface area (Å²) in [7, 11) is 0. The molecule has 0 spiro atoms. The molecule has 0 aliphatic heterocycles. The van der Waals surface area contributed by atoms with Crippen molar-refractivity contribution in [2.24, 2.45) is 0 Å². The van der Waals surface area contributed by atoms with Gasteiger partial charge in [0.1, 0.15) is 5.76 Å². The highest BCUT2D eigenvalue weighted by molar-refractivity contribution is 9.13. The highest BCUT2D eigenvalue weighted by Crippen LogP contribution is 2.26. The molecule has 1 aromatic heterocycles. The fraction of sp³-hybridized carbons (Fsp3) is 0.600. The van der Waals surface area contributed by atoms with E-state index in [1.165, 1.54) is 0 Å². The summed E-state index contributed by atoms with van der Waals surface area (Å²) in [4.78, 5) is 0. The number of nitrogens with one attached hydrogen (secondary N) is 1. The molecule has 86 valence electrons. The Morgan fingerprint density at radius 3 is 2.60 bits per heavy atom. The number of halogens is 2. The van der Waals surface area contributed by atoms with Crippen molar-refractivity contribution in [3.8, 4) is 0 Å². The van der Waals surface area contributed by atoms with Crippen LogP contribution in [0.2, 0.25) is 0 Å². The van der Waals surface area contributed by atoms with E-state index in [-0.39, 0.29) is 4.75 Å². The molecule has 0 unspecified atom stereocenters. The molecule has 5 heteroatoms. The van der Waals surface area contributed by atoms with Crippen molar-refractivity contribution < 1.29 is 4.42 Å². The van der Waals surface area contributed by atoms with Gasteiger partial charge < -0.3 is 9.73 Å². The van der Waals surface area contributed by atoms with Crippen LogP contribution in [0, 0.1) is 0 Å². The molecular formula is C10H15Br2NOS. The zero-order chi connectivity index (χ0) is 11.5. The van der Waals surface area contributed by atoms with Crippen LogP contribution in [0.1, 0.15) is 19.6 Å². The normalized spacial score (nSPS) is 12.1. The lowest BCUT2D eigenvalue weighted by Gasteiger charge is -2.21. The lowest BCUT2D eigenvalue weighted by Crippen LogP contribution is -2.31. The van der Waals surface area contributed by atoms with Gasteiger partial charge in [-0.1, -0.05) is 0 Å². The largest absolute Gasteiger partial charge is 0.452 e. The third kappa shape index (κ3) is 4.51. The van der Waals surface area contributed by atoms with Crippen molar-refractivity contribution in [1.82, 2.24) is 5.32 Å². The average molecular weight is 357 g/mol. The highest BCUT2D eigenvalue weighted by atomic mass is 79.9. The van der Waals surface area contributed by atoms with Crippen molar-refractivity contribution in [3.63, 3.8) is 0 Å². The molecule has 0 saturated heterocycles. The van der Waals surface area contributed by atoms with E-state index in [1.54, 1.807) is 0 Å². The third-order valence-electron chi connectivity index (χ3n) is 2.10. The fourth-order valence-electron chi connectivity index (χ4n) is 1.04. The summed E-state index contributed by atoms with van der Waals surface area (Å²) in [5, 5.41) is 3.38. The topological polar surface area (TPSA) is 25.2 Å². The quantitative estimate of drug-likeness (QED) is 0.861. The van der Waals surface area contributed by atoms with Gasteiger partial charge in [-0.2, -0.15) is 11.8 Å². The standard InChI is InChI=1S/C10H15Br2NOS/c1-10(2,15-3)6-13-5-7-4-8(11)9(12)14-7/h4,13H,5-6H2,1-3H3. The molecule has 0 amide bonds. The minimum Gasteiger partial charge on any atom is -0.452 e. The van der Waals surface area contributed by atoms with E-state index in [9.17, 15) is 0 Å². The summed E-state index contributed by atoms with van der Waals surface area (Å²) < 4.78 is 7.44. The molecule has 1 rings (SSSR count). The molecule has 2 nitrogen and oxygen atoms in total. The van der Waals surface area contributed by atoms with Crippen molar-refractivity contribution in [3.05, 3.63) is 21.0 Å². The summed E-state index contributed by atoms with van der Waals surface area (Å²) in [5.74, 6) is 0.936. The van der Waals surface area contributed by atoms with Crippen LogP contribution in [0.5, 0.6) is 0 Å². The molecular weight excluding hydrogens is 342 g/mol. The lowest BCUT2D eigenvalue weighted by molar-refractivity contribution is 0.457. The van der Waals surface area contributed by atoms with Gasteiger partial charge >= 0.3 is 0 Å². The number of furan rings is 1. The molecule has 1 N–H and O–H groups in total. The Kier molecular flexibility index (Phi) is 5.22. The SMILES string of the molecule is CSC(C)(C)CNCc1cc(Br)c(Br)o1. The molecule has 0 bridgehead atoms. The first kappa shape index (κ1) is 13.6. The summed E-state index contributed by atoms with van der Waals surface area (Å²) in [6.45, 7) is 6.16. The smallest absolute Gasteiger partial charge is 0.183 e. The van der Waals surface area contributed by atoms with Crippen molar-refractivity contribution in [1.29, 1.82) is 0 Å². The number of hydrogen-bond donors (Lipinski definition) is 1. The molecule has 0 aliphatic rings. The maximum atomic E-state index is 5.46. The van der Waals surface area contributed by atoms with E-state index in [0.29, 0.717) is 0 Å². The maximum absolute atomic E-state index is 5.46. The number of rotatable bonds is 5. The van der Waals surface area contributed by atoms with Crippen molar-refractivity contribution in [2.45, 2.75) is 25.1 Å². The summed E-state index contributed by atoms with van der Waals surface area (Å²) in [6, 6.07) is 1.98. The van der Waals surface area contributed by atoms with Gasteiger partial charge in [0.25, 0.3) is 0 Å². The predicted molar refractivity (Wildman–Crippen MR) is 73.4 cm³/mol. The second-order valence-electron chi connectivity index (χ2n) is 3.90. The van der Waals surface area contributed by atoms with Crippen LogP contribution < -0.4 is 5.32 Å². The van der Waals surface area contributed by atoms with Crippen LogP contribution in [-0.2, 0) is 6.54 Å². The molecule has 1 aromatic rings. The maximum Gasteiger partial charge on any atom is 0.183 e. The minimum atomic E-state index is 0.265. The van der Waals surface area contributed by atoms with Crippen molar-refractivity contribution in [2.75, 3.05) is 12.8 Å². The van der Waals surface area contributed by atoms with Gasteiger partial charge in [-0.05, 0) is 58.0 Å². The van der Waals surface area contributed by atoms with Gasteiger partial charge in [-0.25, -0.2) is 0 Å². The Morgan fingerprint density at radius 1 is 1.47 bits per heavy atom. The molecule has 0 saturated carbocycles. The van der Waals surface area contributed by atoms with Crippen LogP contribution in [0.3, 0.4) is 0 Å². The third-order valence-corrected chi connectivity index (χ3v) is 5.06. The van der Waals surface area contributed by atoms with Crippen molar-refractivity contribution >= 4 is 43.6 Å². The van der Waals surface area contributed by atoms with Crippen LogP contribution in [-0.4, -0.2) is 17.5 Å². The Balaban J connectivity index is 2.38. The number of hydrogen-bond acceptors (Lipinski definition) is 3. The molecule has 15 heavy (non-hydrogen) atoms. The monoisotopic (exact) mass is 355 g/mol. The van der Waals surface area contributed by atoms with Gasteiger partial charge in [-0.3, -0.25) is 0 Å². The Hall–Kier alpha value is 0.550. The van der Waals surface area contributed by atoms with E-state index in [0.717, 1.165) is 28.0 Å². The Bertz CT molecular complexity index is 306. The van der Waals surface area contributed by atoms with Gasteiger partial charge in [0.2, 0.25) is 0 Å². The predicted octanol–water partition coefficient (Wildman–Crippen LogP) is 4.04. The van der Waals surface area contributed by atoms with Gasteiger partial charge in [0.05, 0.1) is 11.0 Å². The van der Waals surface area contributed by atoms with Crippen LogP contribution in [0.25, 0.3) is 0 Å². The molecule has 0 fully saturated rings. The summed E-state index contributed by atoms with van der Waals surface area (Å²) >= 11 is 8.56. The first-order valence-corrected chi connectivity index (χ1v) is 7.45. The molecule has 0 aliphatic carbocycles. The first-order valence-electron chi connectivity index (χ1n) is 4.64. The zero-order valence-electron chi connectivity index (χ0n) is 9.06. The van der Waals surface area contributed by atoms with E-state index in [1.807, 2.05) is 17.8 Å². The molecule has 0 atom stereocenters. The Morgan fingerprint density at radius 2 is 2.13 bits per heavy atom. The summed E-state index contributed by atoms with van der Waals surface area (Å²) in [5.41, 5.74) is 0. The van der Waals surface area contributed by atoms with Crippen LogP contribution in [0.15, 0.2) is 19.6 Å². The second kappa shape index (κ2) is 5.75. The second-order valence-corrected chi connectivity index (χ2v) is 6.99. The van der Waals surface area contributed by atoms with Gasteiger partial charge in [0.15, 0.2) is 4.67 Å². The van der Waals surface area contributed by atoms with E-state index in [4.69, 9.17) is 4.42 Å². The molecule has 0 radical (unpaired) electrons. The average Bonchev–Trinajstić information content (AvgIpc) is 2.46. The highest BCUT2D eigenvalue weighted by Gasteiger charge is 2.15. The fourth-order valence-corrected chi connectivity index (χ4v) is 1.94. The number of thioether (sulfide) groups is 1. The minimum absolute atomic E-state index is 0.265. The molecule has 1 heterocycles. The lowest BCUT2D eigenvalue weighted by atomic mass is 10.2. The van der Waals surface area contributed by atoms with Crippen LogP contribution in [0.4, 0.5) is 0 Å².